The summed E-state index contributed by atoms with van der Waals surface area (Å²) in [5, 5.41) is 0. The van der Waals surface area contributed by atoms with Crippen LogP contribution in [0.25, 0.3) is 0 Å². The van der Waals surface area contributed by atoms with Crippen molar-refractivity contribution in [3.05, 3.63) is 0 Å². The molecule has 1 heterocycles. The smallest absolute Gasteiger partial charge is 0.303 e. The second-order valence-electron chi connectivity index (χ2n) is 4.66. The summed E-state index contributed by atoms with van der Waals surface area (Å²) >= 11 is 2.05. The van der Waals surface area contributed by atoms with Gasteiger partial charge < -0.3 is 23.7 Å². The standard InChI is InChI=1S/C13H19IO8/c1-6(15)19-10-9(5-14)22-13(18-4)12(21-8(3)17)11(10)20-7(2)16/h9-13H,5H2,1-4H3/t9-,10-,11+,12-,13+/m1/s1. The summed E-state index contributed by atoms with van der Waals surface area (Å²) in [5.41, 5.74) is 0. The Kier molecular flexibility index (Phi) is 7.49. The van der Waals surface area contributed by atoms with Crippen LogP contribution >= 0.6 is 22.6 Å². The minimum absolute atomic E-state index is 0.458. The van der Waals surface area contributed by atoms with Crippen LogP contribution in [0.4, 0.5) is 0 Å². The van der Waals surface area contributed by atoms with Crippen LogP contribution < -0.4 is 0 Å². The van der Waals surface area contributed by atoms with Crippen molar-refractivity contribution in [3.63, 3.8) is 0 Å². The third-order valence-electron chi connectivity index (χ3n) is 2.88. The molecule has 8 nitrogen and oxygen atoms in total. The molecule has 126 valence electrons. The Balaban J connectivity index is 3.14. The lowest BCUT2D eigenvalue weighted by molar-refractivity contribution is -0.293. The molecule has 0 saturated carbocycles. The third-order valence-corrected chi connectivity index (χ3v) is 3.75. The van der Waals surface area contributed by atoms with Crippen LogP contribution in [0.15, 0.2) is 0 Å². The summed E-state index contributed by atoms with van der Waals surface area (Å²) in [6, 6.07) is 0. The number of carbonyl (C=O) groups excluding carboxylic acids is 3. The number of esters is 3. The molecular weight excluding hydrogens is 411 g/mol. The van der Waals surface area contributed by atoms with Gasteiger partial charge in [-0.1, -0.05) is 22.6 Å². The maximum absolute atomic E-state index is 11.4. The fourth-order valence-corrected chi connectivity index (χ4v) is 2.88. The number of alkyl halides is 1. The van der Waals surface area contributed by atoms with Gasteiger partial charge in [-0.25, -0.2) is 0 Å². The Morgan fingerprint density at radius 3 is 1.77 bits per heavy atom. The van der Waals surface area contributed by atoms with Gasteiger partial charge in [0.2, 0.25) is 0 Å². The van der Waals surface area contributed by atoms with Crippen molar-refractivity contribution >= 4 is 40.5 Å². The number of hydrogen-bond acceptors (Lipinski definition) is 8. The van der Waals surface area contributed by atoms with Gasteiger partial charge in [0.15, 0.2) is 24.6 Å². The molecule has 1 aliphatic heterocycles. The maximum atomic E-state index is 11.4. The van der Waals surface area contributed by atoms with Crippen molar-refractivity contribution in [2.45, 2.75) is 51.5 Å². The van der Waals surface area contributed by atoms with Crippen LogP contribution in [0.2, 0.25) is 0 Å². The van der Waals surface area contributed by atoms with Crippen molar-refractivity contribution < 1.29 is 38.1 Å². The molecule has 22 heavy (non-hydrogen) atoms. The fourth-order valence-electron chi connectivity index (χ4n) is 2.17. The van der Waals surface area contributed by atoms with Crippen LogP contribution in [0, 0.1) is 0 Å². The van der Waals surface area contributed by atoms with E-state index in [1.807, 2.05) is 0 Å². The molecule has 1 saturated heterocycles. The highest BCUT2D eigenvalue weighted by molar-refractivity contribution is 14.1. The monoisotopic (exact) mass is 430 g/mol. The van der Waals surface area contributed by atoms with E-state index in [4.69, 9.17) is 23.7 Å². The van der Waals surface area contributed by atoms with Crippen LogP contribution in [0.3, 0.4) is 0 Å². The predicted octanol–water partition coefficient (Wildman–Crippen LogP) is 0.588. The molecule has 0 spiro atoms. The van der Waals surface area contributed by atoms with Crippen molar-refractivity contribution in [2.75, 3.05) is 11.5 Å². The Bertz CT molecular complexity index is 396. The average Bonchev–Trinajstić information content (AvgIpc) is 2.41. The average molecular weight is 430 g/mol. The van der Waals surface area contributed by atoms with Gasteiger partial charge in [0.05, 0.1) is 0 Å². The molecule has 0 aromatic heterocycles. The van der Waals surface area contributed by atoms with E-state index in [1.54, 1.807) is 0 Å². The maximum Gasteiger partial charge on any atom is 0.303 e. The molecule has 5 atom stereocenters. The molecule has 9 heteroatoms. The molecule has 0 bridgehead atoms. The van der Waals surface area contributed by atoms with Gasteiger partial charge >= 0.3 is 17.9 Å². The van der Waals surface area contributed by atoms with Crippen molar-refractivity contribution in [2.24, 2.45) is 0 Å². The molecule has 0 N–H and O–H groups in total. The van der Waals surface area contributed by atoms with E-state index in [9.17, 15) is 14.4 Å². The first kappa shape index (κ1) is 19.1. The lowest BCUT2D eigenvalue weighted by Crippen LogP contribution is -2.62. The zero-order valence-corrected chi connectivity index (χ0v) is 14.9. The van der Waals surface area contributed by atoms with Crippen LogP contribution in [-0.2, 0) is 38.1 Å². The molecule has 0 aromatic rings. The normalized spacial score (nSPS) is 31.2. The highest BCUT2D eigenvalue weighted by Gasteiger charge is 2.51. The number of methoxy groups -OCH3 is 1. The van der Waals surface area contributed by atoms with E-state index in [2.05, 4.69) is 22.6 Å². The first-order valence-electron chi connectivity index (χ1n) is 6.56. The summed E-state index contributed by atoms with van der Waals surface area (Å²) in [4.78, 5) is 34.0. The van der Waals surface area contributed by atoms with Crippen LogP contribution in [-0.4, -0.2) is 60.2 Å². The SMILES string of the molecule is CO[C@H]1O[C@H](CI)[C@@H](OC(C)=O)[C@H](OC(C)=O)[C@H]1OC(C)=O. The summed E-state index contributed by atoms with van der Waals surface area (Å²) in [7, 11) is 1.38. The van der Waals surface area contributed by atoms with E-state index in [0.717, 1.165) is 0 Å². The molecular formula is C13H19IO8. The van der Waals surface area contributed by atoms with Gasteiger partial charge in [0.25, 0.3) is 0 Å². The molecule has 1 aliphatic rings. The van der Waals surface area contributed by atoms with E-state index >= 15 is 0 Å². The Morgan fingerprint density at radius 2 is 1.36 bits per heavy atom. The Hall–Kier alpha value is -0.940. The lowest BCUT2D eigenvalue weighted by atomic mass is 9.99. The molecule has 0 aromatic carbocycles. The summed E-state index contributed by atoms with van der Waals surface area (Å²) in [6.45, 7) is 3.66. The van der Waals surface area contributed by atoms with Crippen molar-refractivity contribution in [3.8, 4) is 0 Å². The number of hydrogen-bond donors (Lipinski definition) is 0. The zero-order valence-electron chi connectivity index (χ0n) is 12.7. The number of halogens is 1. The molecule has 0 radical (unpaired) electrons. The summed E-state index contributed by atoms with van der Waals surface area (Å²) < 4.78 is 26.9. The predicted molar refractivity (Wildman–Crippen MR) is 81.2 cm³/mol. The van der Waals surface area contributed by atoms with Crippen LogP contribution in [0.5, 0.6) is 0 Å². The first-order valence-corrected chi connectivity index (χ1v) is 8.08. The lowest BCUT2D eigenvalue weighted by Gasteiger charge is -2.43. The second kappa shape index (κ2) is 8.63. The minimum atomic E-state index is -1.03. The zero-order chi connectivity index (χ0) is 16.9. The van der Waals surface area contributed by atoms with Crippen molar-refractivity contribution in [1.82, 2.24) is 0 Å². The molecule has 0 unspecified atom stereocenters. The number of rotatable bonds is 5. The highest BCUT2D eigenvalue weighted by atomic mass is 127. The van der Waals surface area contributed by atoms with Gasteiger partial charge in [-0.15, -0.1) is 0 Å². The topological polar surface area (TPSA) is 97.4 Å². The second-order valence-corrected chi connectivity index (χ2v) is 5.54. The van der Waals surface area contributed by atoms with E-state index in [1.165, 1.54) is 27.9 Å². The van der Waals surface area contributed by atoms with Crippen LogP contribution in [0.1, 0.15) is 20.8 Å². The molecule has 1 rings (SSSR count). The Morgan fingerprint density at radius 1 is 0.909 bits per heavy atom. The minimum Gasteiger partial charge on any atom is -0.456 e. The van der Waals surface area contributed by atoms with E-state index in [0.29, 0.717) is 4.43 Å². The number of carbonyl (C=O) groups is 3. The largest absolute Gasteiger partial charge is 0.456 e. The first-order chi connectivity index (χ1) is 10.3. The molecule has 0 amide bonds. The van der Waals surface area contributed by atoms with Gasteiger partial charge in [-0.05, 0) is 0 Å². The summed E-state index contributed by atoms with van der Waals surface area (Å²) in [6.07, 6.45) is -4.43. The Labute approximate surface area is 141 Å². The molecule has 0 aliphatic carbocycles. The third kappa shape index (κ3) is 5.06. The van der Waals surface area contributed by atoms with E-state index < -0.39 is 48.6 Å². The van der Waals surface area contributed by atoms with Gasteiger partial charge in [-0.2, -0.15) is 0 Å². The van der Waals surface area contributed by atoms with Gasteiger partial charge in [-0.3, -0.25) is 14.4 Å². The van der Waals surface area contributed by atoms with Crippen molar-refractivity contribution in [1.29, 1.82) is 0 Å². The molecule has 1 fully saturated rings. The fraction of sp³-hybridized carbons (Fsp3) is 0.769. The number of ether oxygens (including phenoxy) is 5. The van der Waals surface area contributed by atoms with Gasteiger partial charge in [0.1, 0.15) is 6.10 Å². The van der Waals surface area contributed by atoms with E-state index in [-0.39, 0.29) is 0 Å². The highest BCUT2D eigenvalue weighted by Crippen LogP contribution is 2.30. The summed E-state index contributed by atoms with van der Waals surface area (Å²) in [5.74, 6) is -1.75. The van der Waals surface area contributed by atoms with Gasteiger partial charge in [0, 0.05) is 32.3 Å². The quantitative estimate of drug-likeness (QED) is 0.271.